The molecule has 2 aromatic carbocycles. The standard InChI is InChI=1S/C16H16N2O/c1-11-7-16(12(2)6-15(11)18)19-10-14-5-3-4-13(8-14)9-17/h3-8H,10,18H2,1-2H3. The van der Waals surface area contributed by atoms with Crippen molar-refractivity contribution in [1.82, 2.24) is 0 Å². The summed E-state index contributed by atoms with van der Waals surface area (Å²) < 4.78 is 5.79. The molecule has 3 nitrogen and oxygen atoms in total. The molecular weight excluding hydrogens is 236 g/mol. The van der Waals surface area contributed by atoms with Gasteiger partial charge in [-0.05, 0) is 54.8 Å². The van der Waals surface area contributed by atoms with Gasteiger partial charge in [0.2, 0.25) is 0 Å². The molecular formula is C16H16N2O. The van der Waals surface area contributed by atoms with Gasteiger partial charge in [-0.1, -0.05) is 12.1 Å². The average Bonchev–Trinajstić information content (AvgIpc) is 2.41. The number of ether oxygens (including phenoxy) is 1. The lowest BCUT2D eigenvalue weighted by atomic mass is 10.1. The Balaban J connectivity index is 2.14. The van der Waals surface area contributed by atoms with E-state index in [1.807, 2.05) is 44.2 Å². The summed E-state index contributed by atoms with van der Waals surface area (Å²) in [5.74, 6) is 0.828. The van der Waals surface area contributed by atoms with Gasteiger partial charge in [-0.3, -0.25) is 0 Å². The van der Waals surface area contributed by atoms with Gasteiger partial charge in [-0.25, -0.2) is 0 Å². The molecule has 2 rings (SSSR count). The minimum Gasteiger partial charge on any atom is -0.489 e. The van der Waals surface area contributed by atoms with Gasteiger partial charge in [0.15, 0.2) is 0 Å². The molecule has 0 fully saturated rings. The number of nitrogens with two attached hydrogens (primary N) is 1. The molecule has 2 aromatic rings. The normalized spacial score (nSPS) is 9.95. The molecule has 0 bridgehead atoms. The van der Waals surface area contributed by atoms with Gasteiger partial charge in [0, 0.05) is 5.69 Å². The largest absolute Gasteiger partial charge is 0.489 e. The first-order valence-corrected chi connectivity index (χ1v) is 6.08. The number of rotatable bonds is 3. The maximum Gasteiger partial charge on any atom is 0.123 e. The quantitative estimate of drug-likeness (QED) is 0.852. The third-order valence-electron chi connectivity index (χ3n) is 3.01. The van der Waals surface area contributed by atoms with Crippen molar-refractivity contribution in [1.29, 1.82) is 5.26 Å². The zero-order valence-corrected chi connectivity index (χ0v) is 11.1. The van der Waals surface area contributed by atoms with Gasteiger partial charge in [-0.15, -0.1) is 0 Å². The third-order valence-corrected chi connectivity index (χ3v) is 3.01. The SMILES string of the molecule is Cc1cc(OCc2cccc(C#N)c2)c(C)cc1N. The molecule has 0 atom stereocenters. The number of aryl methyl sites for hydroxylation is 2. The van der Waals surface area contributed by atoms with Crippen molar-refractivity contribution in [2.45, 2.75) is 20.5 Å². The molecule has 19 heavy (non-hydrogen) atoms. The van der Waals surface area contributed by atoms with Crippen LogP contribution in [0.2, 0.25) is 0 Å². The molecule has 2 N–H and O–H groups in total. The van der Waals surface area contributed by atoms with E-state index in [0.29, 0.717) is 12.2 Å². The van der Waals surface area contributed by atoms with Crippen LogP contribution in [0.5, 0.6) is 5.75 Å². The van der Waals surface area contributed by atoms with E-state index >= 15 is 0 Å². The predicted octanol–water partition coefficient (Wildman–Crippen LogP) is 3.34. The smallest absolute Gasteiger partial charge is 0.123 e. The van der Waals surface area contributed by atoms with E-state index in [1.54, 1.807) is 6.07 Å². The fourth-order valence-electron chi connectivity index (χ4n) is 1.86. The van der Waals surface area contributed by atoms with E-state index < -0.39 is 0 Å². The Labute approximate surface area is 113 Å². The fourth-order valence-corrected chi connectivity index (χ4v) is 1.86. The molecule has 0 aromatic heterocycles. The molecule has 0 saturated carbocycles. The number of nitrogen functional groups attached to an aromatic ring is 1. The Hall–Kier alpha value is -2.47. The second kappa shape index (κ2) is 5.45. The van der Waals surface area contributed by atoms with E-state index in [2.05, 4.69) is 6.07 Å². The van der Waals surface area contributed by atoms with E-state index in [-0.39, 0.29) is 0 Å². The number of nitrogens with zero attached hydrogens (tertiary/aromatic N) is 1. The van der Waals surface area contributed by atoms with Crippen molar-refractivity contribution in [3.63, 3.8) is 0 Å². The summed E-state index contributed by atoms with van der Waals surface area (Å²) in [7, 11) is 0. The van der Waals surface area contributed by atoms with Crippen LogP contribution in [0.3, 0.4) is 0 Å². The molecule has 3 heteroatoms. The lowest BCUT2D eigenvalue weighted by molar-refractivity contribution is 0.304. The van der Waals surface area contributed by atoms with E-state index in [0.717, 1.165) is 28.1 Å². The first kappa shape index (κ1) is 13.0. The Morgan fingerprint density at radius 2 is 1.95 bits per heavy atom. The van der Waals surface area contributed by atoms with Crippen LogP contribution in [0.1, 0.15) is 22.3 Å². The molecule has 0 amide bonds. The topological polar surface area (TPSA) is 59.0 Å². The molecule has 0 aliphatic carbocycles. The number of benzene rings is 2. The minimum absolute atomic E-state index is 0.444. The van der Waals surface area contributed by atoms with Gasteiger partial charge >= 0.3 is 0 Å². The number of hydrogen-bond acceptors (Lipinski definition) is 3. The number of anilines is 1. The molecule has 96 valence electrons. The Kier molecular flexibility index (Phi) is 3.72. The van der Waals surface area contributed by atoms with Crippen molar-refractivity contribution in [3.8, 4) is 11.8 Å². The number of nitriles is 1. The molecule has 0 spiro atoms. The van der Waals surface area contributed by atoms with Crippen molar-refractivity contribution in [3.05, 3.63) is 58.7 Å². The van der Waals surface area contributed by atoms with Crippen LogP contribution in [0.15, 0.2) is 36.4 Å². The summed E-state index contributed by atoms with van der Waals surface area (Å²) in [4.78, 5) is 0. The number of hydrogen-bond donors (Lipinski definition) is 1. The van der Waals surface area contributed by atoms with Crippen LogP contribution in [-0.2, 0) is 6.61 Å². The maximum absolute atomic E-state index is 8.85. The fraction of sp³-hybridized carbons (Fsp3) is 0.188. The molecule has 0 saturated heterocycles. The van der Waals surface area contributed by atoms with Gasteiger partial charge in [-0.2, -0.15) is 5.26 Å². The van der Waals surface area contributed by atoms with Crippen LogP contribution < -0.4 is 10.5 Å². The Morgan fingerprint density at radius 3 is 2.68 bits per heavy atom. The van der Waals surface area contributed by atoms with E-state index in [9.17, 15) is 0 Å². The highest BCUT2D eigenvalue weighted by Crippen LogP contribution is 2.25. The summed E-state index contributed by atoms with van der Waals surface area (Å²) in [5, 5.41) is 8.85. The molecule has 0 unspecified atom stereocenters. The Bertz CT molecular complexity index is 642. The van der Waals surface area contributed by atoms with Gasteiger partial charge in [0.1, 0.15) is 12.4 Å². The van der Waals surface area contributed by atoms with E-state index in [4.69, 9.17) is 15.7 Å². The minimum atomic E-state index is 0.444. The molecule has 0 heterocycles. The lowest BCUT2D eigenvalue weighted by Crippen LogP contribution is -1.99. The summed E-state index contributed by atoms with van der Waals surface area (Å²) in [5.41, 5.74) is 10.3. The van der Waals surface area contributed by atoms with Crippen LogP contribution in [0, 0.1) is 25.2 Å². The second-order valence-electron chi connectivity index (χ2n) is 4.58. The average molecular weight is 252 g/mol. The highest BCUT2D eigenvalue weighted by molar-refractivity contribution is 5.53. The zero-order chi connectivity index (χ0) is 13.8. The monoisotopic (exact) mass is 252 g/mol. The van der Waals surface area contributed by atoms with Crippen LogP contribution in [0.25, 0.3) is 0 Å². The highest BCUT2D eigenvalue weighted by atomic mass is 16.5. The second-order valence-corrected chi connectivity index (χ2v) is 4.58. The van der Waals surface area contributed by atoms with Crippen molar-refractivity contribution >= 4 is 5.69 Å². The summed E-state index contributed by atoms with van der Waals surface area (Å²) >= 11 is 0. The molecule has 0 radical (unpaired) electrons. The van der Waals surface area contributed by atoms with Gasteiger partial charge < -0.3 is 10.5 Å². The first-order chi connectivity index (χ1) is 9.10. The lowest BCUT2D eigenvalue weighted by Gasteiger charge is -2.11. The van der Waals surface area contributed by atoms with Crippen molar-refractivity contribution < 1.29 is 4.74 Å². The molecule has 0 aliphatic heterocycles. The molecule has 0 aliphatic rings. The van der Waals surface area contributed by atoms with Crippen molar-refractivity contribution in [2.24, 2.45) is 0 Å². The first-order valence-electron chi connectivity index (χ1n) is 6.08. The zero-order valence-electron chi connectivity index (χ0n) is 11.1. The van der Waals surface area contributed by atoms with Crippen LogP contribution in [0.4, 0.5) is 5.69 Å². The van der Waals surface area contributed by atoms with Gasteiger partial charge in [0.05, 0.1) is 11.6 Å². The summed E-state index contributed by atoms with van der Waals surface area (Å²) in [6.07, 6.45) is 0. The predicted molar refractivity (Wildman–Crippen MR) is 75.8 cm³/mol. The summed E-state index contributed by atoms with van der Waals surface area (Å²) in [6.45, 7) is 4.37. The third kappa shape index (κ3) is 3.05. The van der Waals surface area contributed by atoms with Gasteiger partial charge in [0.25, 0.3) is 0 Å². The summed E-state index contributed by atoms with van der Waals surface area (Å²) in [6, 6.07) is 13.4. The Morgan fingerprint density at radius 1 is 1.16 bits per heavy atom. The van der Waals surface area contributed by atoms with E-state index in [1.165, 1.54) is 0 Å². The van der Waals surface area contributed by atoms with Crippen LogP contribution >= 0.6 is 0 Å². The van der Waals surface area contributed by atoms with Crippen molar-refractivity contribution in [2.75, 3.05) is 5.73 Å². The maximum atomic E-state index is 8.85. The van der Waals surface area contributed by atoms with Crippen LogP contribution in [-0.4, -0.2) is 0 Å². The highest BCUT2D eigenvalue weighted by Gasteiger charge is 2.04.